The van der Waals surface area contributed by atoms with Gasteiger partial charge < -0.3 is 16.0 Å². The van der Waals surface area contributed by atoms with E-state index in [0.29, 0.717) is 0 Å². The fourth-order valence-corrected chi connectivity index (χ4v) is 2.42. The van der Waals surface area contributed by atoms with Crippen molar-refractivity contribution in [3.63, 3.8) is 0 Å². The first-order chi connectivity index (χ1) is 9.58. The summed E-state index contributed by atoms with van der Waals surface area (Å²) in [5, 5.41) is 3.08. The van der Waals surface area contributed by atoms with Crippen molar-refractivity contribution >= 4 is 17.5 Å². The van der Waals surface area contributed by atoms with Gasteiger partial charge in [0.1, 0.15) is 6.04 Å². The fourth-order valence-electron chi connectivity index (χ4n) is 2.42. The summed E-state index contributed by atoms with van der Waals surface area (Å²) in [5.41, 5.74) is 7.27. The molecule has 0 radical (unpaired) electrons. The summed E-state index contributed by atoms with van der Waals surface area (Å²) < 4.78 is 0. The van der Waals surface area contributed by atoms with Crippen LogP contribution in [0, 0.1) is 6.92 Å². The van der Waals surface area contributed by atoms with E-state index in [1.807, 2.05) is 31.2 Å². The molecule has 0 aromatic heterocycles. The molecule has 1 aliphatic rings. The summed E-state index contributed by atoms with van der Waals surface area (Å²) in [6.07, 6.45) is 2.19. The second-order valence-corrected chi connectivity index (χ2v) is 5.21. The minimum atomic E-state index is -0.663. The number of nitrogens with zero attached hydrogens (tertiary/aromatic N) is 1. The van der Waals surface area contributed by atoms with Crippen LogP contribution < -0.4 is 11.1 Å². The van der Waals surface area contributed by atoms with Crippen LogP contribution in [0.15, 0.2) is 24.3 Å². The topological polar surface area (TPSA) is 75.4 Å². The molecule has 1 fully saturated rings. The van der Waals surface area contributed by atoms with Crippen molar-refractivity contribution in [2.45, 2.75) is 32.2 Å². The molecule has 2 rings (SSSR count). The number of primary amides is 1. The number of rotatable bonds is 5. The van der Waals surface area contributed by atoms with Crippen molar-refractivity contribution in [2.24, 2.45) is 5.73 Å². The Balaban J connectivity index is 2.02. The van der Waals surface area contributed by atoms with Crippen LogP contribution >= 0.6 is 0 Å². The number of aryl methyl sites for hydroxylation is 1. The van der Waals surface area contributed by atoms with Crippen LogP contribution in [0.25, 0.3) is 0 Å². The molecule has 3 N–H and O–H groups in total. The molecule has 1 unspecified atom stereocenters. The van der Waals surface area contributed by atoms with E-state index in [0.717, 1.165) is 37.2 Å². The van der Waals surface area contributed by atoms with Crippen molar-refractivity contribution in [1.29, 1.82) is 0 Å². The number of carbonyl (C=O) groups is 2. The van der Waals surface area contributed by atoms with Gasteiger partial charge in [-0.25, -0.2) is 0 Å². The quantitative estimate of drug-likeness (QED) is 0.849. The Morgan fingerprint density at radius 2 is 1.95 bits per heavy atom. The first-order valence-electron chi connectivity index (χ1n) is 6.97. The highest BCUT2D eigenvalue weighted by Crippen LogP contribution is 2.17. The van der Waals surface area contributed by atoms with Gasteiger partial charge in [-0.1, -0.05) is 18.2 Å². The molecule has 0 spiro atoms. The highest BCUT2D eigenvalue weighted by Gasteiger charge is 2.25. The number of hydrogen-bond acceptors (Lipinski definition) is 3. The molecule has 1 atom stereocenters. The maximum atomic E-state index is 12.1. The summed E-state index contributed by atoms with van der Waals surface area (Å²) in [4.78, 5) is 25.5. The normalized spacial score (nSPS) is 15.9. The average molecular weight is 275 g/mol. The van der Waals surface area contributed by atoms with Crippen LogP contribution in [0.3, 0.4) is 0 Å². The van der Waals surface area contributed by atoms with E-state index in [4.69, 9.17) is 5.73 Å². The lowest BCUT2D eigenvalue weighted by Gasteiger charge is -2.21. The number of anilines is 1. The first kappa shape index (κ1) is 14.4. The third-order valence-corrected chi connectivity index (χ3v) is 3.66. The summed E-state index contributed by atoms with van der Waals surface area (Å²) in [6.45, 7) is 3.52. The Morgan fingerprint density at radius 1 is 1.30 bits per heavy atom. The Morgan fingerprint density at radius 3 is 2.55 bits per heavy atom. The fraction of sp³-hybridized carbons (Fsp3) is 0.467. The predicted octanol–water partition coefficient (Wildman–Crippen LogP) is 1.27. The molecule has 108 valence electrons. The molecular formula is C15H21N3O2. The van der Waals surface area contributed by atoms with Crippen molar-refractivity contribution in [3.05, 3.63) is 29.8 Å². The molecule has 2 amide bonds. The molecule has 0 aliphatic carbocycles. The lowest BCUT2D eigenvalue weighted by Crippen LogP contribution is -2.41. The molecule has 20 heavy (non-hydrogen) atoms. The SMILES string of the molecule is Cc1ccccc1NC(CC(=O)N1CCCC1)C(N)=O. The second-order valence-electron chi connectivity index (χ2n) is 5.21. The number of nitrogens with one attached hydrogen (secondary N) is 1. The number of carbonyl (C=O) groups excluding carboxylic acids is 2. The maximum absolute atomic E-state index is 12.1. The minimum absolute atomic E-state index is 0.00705. The Kier molecular flexibility index (Phi) is 4.61. The van der Waals surface area contributed by atoms with E-state index in [1.54, 1.807) is 4.90 Å². The largest absolute Gasteiger partial charge is 0.373 e. The van der Waals surface area contributed by atoms with Gasteiger partial charge in [-0.3, -0.25) is 9.59 Å². The molecule has 5 heteroatoms. The number of likely N-dealkylation sites (tertiary alicyclic amines) is 1. The van der Waals surface area contributed by atoms with E-state index in [1.165, 1.54) is 0 Å². The molecule has 0 saturated carbocycles. The summed E-state index contributed by atoms with van der Waals surface area (Å²) in [7, 11) is 0. The Bertz CT molecular complexity index is 496. The van der Waals surface area contributed by atoms with Crippen LogP contribution in [0.1, 0.15) is 24.8 Å². The minimum Gasteiger partial charge on any atom is -0.373 e. The van der Waals surface area contributed by atoms with Gasteiger partial charge in [0.15, 0.2) is 0 Å². The zero-order valence-electron chi connectivity index (χ0n) is 11.8. The van der Waals surface area contributed by atoms with Crippen LogP contribution in [-0.4, -0.2) is 35.8 Å². The number of amides is 2. The zero-order chi connectivity index (χ0) is 14.5. The molecule has 1 aliphatic heterocycles. The molecule has 1 saturated heterocycles. The third-order valence-electron chi connectivity index (χ3n) is 3.66. The summed E-state index contributed by atoms with van der Waals surface area (Å²) in [6, 6.07) is 6.98. The number of nitrogens with two attached hydrogens (primary N) is 1. The molecular weight excluding hydrogens is 254 g/mol. The number of para-hydroxylation sites is 1. The lowest BCUT2D eigenvalue weighted by molar-refractivity contribution is -0.132. The molecule has 1 aromatic carbocycles. The second kappa shape index (κ2) is 6.41. The third kappa shape index (κ3) is 3.50. The summed E-state index contributed by atoms with van der Waals surface area (Å²) in [5.74, 6) is -0.506. The van der Waals surface area contributed by atoms with Crippen LogP contribution in [0.4, 0.5) is 5.69 Å². The van der Waals surface area contributed by atoms with Crippen molar-refractivity contribution < 1.29 is 9.59 Å². The molecule has 1 aromatic rings. The number of hydrogen-bond donors (Lipinski definition) is 2. The van der Waals surface area contributed by atoms with Gasteiger partial charge in [-0.05, 0) is 31.4 Å². The van der Waals surface area contributed by atoms with Gasteiger partial charge in [0, 0.05) is 18.8 Å². The predicted molar refractivity (Wildman–Crippen MR) is 78.2 cm³/mol. The van der Waals surface area contributed by atoms with Gasteiger partial charge in [0.25, 0.3) is 0 Å². The molecule has 0 bridgehead atoms. The van der Waals surface area contributed by atoms with Crippen molar-refractivity contribution in [1.82, 2.24) is 4.90 Å². The monoisotopic (exact) mass is 275 g/mol. The smallest absolute Gasteiger partial charge is 0.240 e. The van der Waals surface area contributed by atoms with Crippen LogP contribution in [-0.2, 0) is 9.59 Å². The lowest BCUT2D eigenvalue weighted by atomic mass is 10.1. The van der Waals surface area contributed by atoms with E-state index in [9.17, 15) is 9.59 Å². The van der Waals surface area contributed by atoms with Gasteiger partial charge in [0.2, 0.25) is 11.8 Å². The van der Waals surface area contributed by atoms with Gasteiger partial charge in [-0.2, -0.15) is 0 Å². The van der Waals surface area contributed by atoms with E-state index >= 15 is 0 Å². The summed E-state index contributed by atoms with van der Waals surface area (Å²) >= 11 is 0. The van der Waals surface area contributed by atoms with Crippen molar-refractivity contribution in [2.75, 3.05) is 18.4 Å². The Labute approximate surface area is 119 Å². The standard InChI is InChI=1S/C15H21N3O2/c1-11-6-2-3-7-12(11)17-13(15(16)20)10-14(19)18-8-4-5-9-18/h2-3,6-7,13,17H,4-5,8-10H2,1H3,(H2,16,20). The van der Waals surface area contributed by atoms with E-state index in [2.05, 4.69) is 5.32 Å². The van der Waals surface area contributed by atoms with E-state index in [-0.39, 0.29) is 12.3 Å². The highest BCUT2D eigenvalue weighted by atomic mass is 16.2. The van der Waals surface area contributed by atoms with Gasteiger partial charge in [0.05, 0.1) is 6.42 Å². The maximum Gasteiger partial charge on any atom is 0.240 e. The van der Waals surface area contributed by atoms with E-state index < -0.39 is 11.9 Å². The van der Waals surface area contributed by atoms with Crippen LogP contribution in [0.2, 0.25) is 0 Å². The average Bonchev–Trinajstić information content (AvgIpc) is 2.94. The zero-order valence-corrected chi connectivity index (χ0v) is 11.8. The van der Waals surface area contributed by atoms with Crippen LogP contribution in [0.5, 0.6) is 0 Å². The first-order valence-corrected chi connectivity index (χ1v) is 6.97. The highest BCUT2D eigenvalue weighted by molar-refractivity contribution is 5.89. The van der Waals surface area contributed by atoms with Gasteiger partial charge in [-0.15, -0.1) is 0 Å². The molecule has 5 nitrogen and oxygen atoms in total. The van der Waals surface area contributed by atoms with Gasteiger partial charge >= 0.3 is 0 Å². The number of benzene rings is 1. The molecule has 1 heterocycles. The van der Waals surface area contributed by atoms with Crippen molar-refractivity contribution in [3.8, 4) is 0 Å². The Hall–Kier alpha value is -2.04.